The van der Waals surface area contributed by atoms with Gasteiger partial charge in [-0.25, -0.2) is 0 Å². The van der Waals surface area contributed by atoms with Crippen LogP contribution in [0.15, 0.2) is 58.7 Å². The summed E-state index contributed by atoms with van der Waals surface area (Å²) in [4.78, 5) is 37.5. The van der Waals surface area contributed by atoms with Crippen LogP contribution in [0.1, 0.15) is 15.9 Å². The molecule has 0 radical (unpaired) electrons. The number of hydrogen-bond donors (Lipinski definition) is 2. The van der Waals surface area contributed by atoms with Crippen molar-refractivity contribution in [1.82, 2.24) is 15.2 Å². The molecule has 0 saturated carbocycles. The van der Waals surface area contributed by atoms with Crippen molar-refractivity contribution in [3.05, 3.63) is 74.9 Å². The summed E-state index contributed by atoms with van der Waals surface area (Å²) in [7, 11) is 0. The second-order valence-corrected chi connectivity index (χ2v) is 7.90. The van der Waals surface area contributed by atoms with E-state index in [-0.39, 0.29) is 16.6 Å². The first kappa shape index (κ1) is 19.5. The van der Waals surface area contributed by atoms with Crippen LogP contribution in [-0.2, 0) is 9.59 Å². The van der Waals surface area contributed by atoms with Gasteiger partial charge in [0.05, 0.1) is 11.1 Å². The van der Waals surface area contributed by atoms with Crippen molar-refractivity contribution in [2.75, 3.05) is 0 Å². The molecule has 2 aromatic carbocycles. The Morgan fingerprint density at radius 2 is 1.79 bits per heavy atom. The molecule has 3 aromatic rings. The van der Waals surface area contributed by atoms with Gasteiger partial charge in [-0.15, -0.1) is 0 Å². The number of nitrogens with one attached hydrogen (secondary N) is 2. The molecule has 0 unspecified atom stereocenters. The Kier molecular flexibility index (Phi) is 5.08. The second kappa shape index (κ2) is 7.55. The molecule has 9 heteroatoms. The van der Waals surface area contributed by atoms with Crippen molar-refractivity contribution < 1.29 is 14.4 Å². The fourth-order valence-electron chi connectivity index (χ4n) is 3.04. The van der Waals surface area contributed by atoms with E-state index in [4.69, 9.17) is 23.8 Å². The van der Waals surface area contributed by atoms with Crippen LogP contribution in [0.5, 0.6) is 0 Å². The van der Waals surface area contributed by atoms with Crippen LogP contribution in [0, 0.1) is 0 Å². The minimum absolute atomic E-state index is 0.0493. The molecule has 0 bridgehead atoms. The standard InChI is InChI=1S/C20H11BrClN3O3S/c21-15-4-2-1-3-12(15)19(28)25-9-10(13-8-11(22)5-6-16(13)25)7-14-17(26)23-20(29)24-18(14)27/h1-9H,(H2,23,24,26,27,29). The summed E-state index contributed by atoms with van der Waals surface area (Å²) in [6.07, 6.45) is 2.98. The number of rotatable bonds is 2. The Morgan fingerprint density at radius 1 is 1.10 bits per heavy atom. The molecular weight excluding hydrogens is 478 g/mol. The number of halogens is 2. The lowest BCUT2D eigenvalue weighted by Crippen LogP contribution is -2.51. The number of amides is 2. The number of carbonyl (C=O) groups is 3. The predicted octanol–water partition coefficient (Wildman–Crippen LogP) is 3.66. The van der Waals surface area contributed by atoms with Gasteiger partial charge in [-0.1, -0.05) is 23.7 Å². The van der Waals surface area contributed by atoms with Gasteiger partial charge in [0.2, 0.25) is 0 Å². The molecule has 144 valence electrons. The van der Waals surface area contributed by atoms with E-state index in [2.05, 4.69) is 26.6 Å². The van der Waals surface area contributed by atoms with E-state index in [1.54, 1.807) is 42.6 Å². The molecule has 0 atom stereocenters. The first-order chi connectivity index (χ1) is 13.8. The molecule has 1 aliphatic rings. The zero-order valence-corrected chi connectivity index (χ0v) is 17.7. The predicted molar refractivity (Wildman–Crippen MR) is 118 cm³/mol. The van der Waals surface area contributed by atoms with Gasteiger partial charge < -0.3 is 0 Å². The average Bonchev–Trinajstić information content (AvgIpc) is 3.02. The van der Waals surface area contributed by atoms with Gasteiger partial charge in [0.1, 0.15) is 5.57 Å². The summed E-state index contributed by atoms with van der Waals surface area (Å²) < 4.78 is 2.11. The third kappa shape index (κ3) is 3.62. The van der Waals surface area contributed by atoms with E-state index >= 15 is 0 Å². The van der Waals surface area contributed by atoms with Crippen molar-refractivity contribution >= 4 is 79.6 Å². The number of carbonyl (C=O) groups excluding carboxylic acids is 3. The fraction of sp³-hybridized carbons (Fsp3) is 0. The first-order valence-electron chi connectivity index (χ1n) is 8.33. The first-order valence-corrected chi connectivity index (χ1v) is 9.91. The third-order valence-electron chi connectivity index (χ3n) is 4.36. The molecule has 1 aromatic heterocycles. The molecule has 0 aliphatic carbocycles. The number of fused-ring (bicyclic) bond motifs is 1. The van der Waals surface area contributed by atoms with Gasteiger partial charge in [0.15, 0.2) is 5.11 Å². The highest BCUT2D eigenvalue weighted by atomic mass is 79.9. The van der Waals surface area contributed by atoms with Crippen molar-refractivity contribution in [2.45, 2.75) is 0 Å². The van der Waals surface area contributed by atoms with E-state index < -0.39 is 11.8 Å². The molecular formula is C20H11BrClN3O3S. The largest absolute Gasteiger partial charge is 0.299 e. The van der Waals surface area contributed by atoms with Crippen molar-refractivity contribution in [1.29, 1.82) is 0 Å². The second-order valence-electron chi connectivity index (χ2n) is 6.20. The number of aromatic nitrogens is 1. The molecule has 1 aliphatic heterocycles. The molecule has 0 spiro atoms. The van der Waals surface area contributed by atoms with Crippen LogP contribution in [0.4, 0.5) is 0 Å². The van der Waals surface area contributed by atoms with Crippen LogP contribution in [0.3, 0.4) is 0 Å². The van der Waals surface area contributed by atoms with Crippen LogP contribution < -0.4 is 10.6 Å². The normalized spacial score (nSPS) is 14.0. The summed E-state index contributed by atoms with van der Waals surface area (Å²) in [6.45, 7) is 0. The Labute approximate surface area is 183 Å². The zero-order valence-electron chi connectivity index (χ0n) is 14.5. The van der Waals surface area contributed by atoms with E-state index in [1.165, 1.54) is 10.6 Å². The lowest BCUT2D eigenvalue weighted by molar-refractivity contribution is -0.123. The van der Waals surface area contributed by atoms with Crippen molar-refractivity contribution in [3.63, 3.8) is 0 Å². The van der Waals surface area contributed by atoms with Crippen molar-refractivity contribution in [2.24, 2.45) is 0 Å². The van der Waals surface area contributed by atoms with Gasteiger partial charge in [-0.3, -0.25) is 29.6 Å². The van der Waals surface area contributed by atoms with Gasteiger partial charge in [0.25, 0.3) is 17.7 Å². The van der Waals surface area contributed by atoms with Gasteiger partial charge >= 0.3 is 0 Å². The maximum Gasteiger partial charge on any atom is 0.263 e. The average molecular weight is 489 g/mol. The van der Waals surface area contributed by atoms with Crippen LogP contribution in [-0.4, -0.2) is 27.4 Å². The van der Waals surface area contributed by atoms with E-state index in [0.717, 1.165) is 0 Å². The molecule has 6 nitrogen and oxygen atoms in total. The third-order valence-corrected chi connectivity index (χ3v) is 5.49. The number of thiocarbonyl (C=S) groups is 1. The highest BCUT2D eigenvalue weighted by Crippen LogP contribution is 2.29. The number of benzene rings is 2. The monoisotopic (exact) mass is 487 g/mol. The van der Waals surface area contributed by atoms with E-state index in [1.807, 2.05) is 6.07 Å². The fourth-order valence-corrected chi connectivity index (χ4v) is 3.85. The molecule has 4 rings (SSSR count). The number of hydrogen-bond acceptors (Lipinski definition) is 4. The highest BCUT2D eigenvalue weighted by molar-refractivity contribution is 9.10. The molecule has 2 amide bonds. The Hall–Kier alpha value is -2.81. The van der Waals surface area contributed by atoms with Gasteiger partial charge in [-0.05, 0) is 64.6 Å². The van der Waals surface area contributed by atoms with E-state index in [0.29, 0.717) is 31.5 Å². The summed E-state index contributed by atoms with van der Waals surface area (Å²) in [5, 5.41) is 5.81. The maximum atomic E-state index is 13.1. The highest BCUT2D eigenvalue weighted by Gasteiger charge is 2.26. The molecule has 1 saturated heterocycles. The summed E-state index contributed by atoms with van der Waals surface area (Å²) in [5.41, 5.74) is 1.44. The Morgan fingerprint density at radius 3 is 2.48 bits per heavy atom. The minimum atomic E-state index is -0.612. The lowest BCUT2D eigenvalue weighted by Gasteiger charge is -2.16. The smallest absolute Gasteiger partial charge is 0.263 e. The molecule has 1 fully saturated rings. The zero-order chi connectivity index (χ0) is 20.7. The van der Waals surface area contributed by atoms with Gasteiger partial charge in [0, 0.05) is 26.6 Å². The van der Waals surface area contributed by atoms with Crippen molar-refractivity contribution in [3.8, 4) is 0 Å². The lowest BCUT2D eigenvalue weighted by atomic mass is 10.1. The Balaban J connectivity index is 1.89. The maximum absolute atomic E-state index is 13.1. The van der Waals surface area contributed by atoms with Crippen LogP contribution in [0.25, 0.3) is 17.0 Å². The summed E-state index contributed by atoms with van der Waals surface area (Å²) in [6, 6.07) is 12.1. The minimum Gasteiger partial charge on any atom is -0.299 e. The topological polar surface area (TPSA) is 80.2 Å². The number of nitrogens with zero attached hydrogens (tertiary/aromatic N) is 1. The molecule has 2 N–H and O–H groups in total. The summed E-state index contributed by atoms with van der Waals surface area (Å²) in [5.74, 6) is -1.49. The Bertz CT molecular complexity index is 1240. The van der Waals surface area contributed by atoms with Crippen LogP contribution in [0.2, 0.25) is 5.02 Å². The van der Waals surface area contributed by atoms with Gasteiger partial charge in [-0.2, -0.15) is 0 Å². The van der Waals surface area contributed by atoms with E-state index in [9.17, 15) is 14.4 Å². The summed E-state index contributed by atoms with van der Waals surface area (Å²) >= 11 is 14.3. The SMILES string of the molecule is O=C1NC(=S)NC(=O)C1=Cc1cn(C(=O)c2ccccc2Br)c2ccc(Cl)cc12. The van der Waals surface area contributed by atoms with Crippen LogP contribution >= 0.6 is 39.7 Å². The molecule has 2 heterocycles. The quantitative estimate of drug-likeness (QED) is 0.328. The molecule has 29 heavy (non-hydrogen) atoms.